The number of hydrogen-bond donors (Lipinski definition) is 2. The van der Waals surface area contributed by atoms with Gasteiger partial charge >= 0.3 is 0 Å². The molecule has 1 aliphatic carbocycles. The fourth-order valence-electron chi connectivity index (χ4n) is 3.80. The summed E-state index contributed by atoms with van der Waals surface area (Å²) in [6.45, 7) is 8.42. The molecule has 0 spiro atoms. The van der Waals surface area contributed by atoms with E-state index in [0.717, 1.165) is 30.9 Å². The van der Waals surface area contributed by atoms with E-state index >= 15 is 0 Å². The van der Waals surface area contributed by atoms with Gasteiger partial charge in [0.05, 0.1) is 18.8 Å². The molecule has 2 N–H and O–H groups in total. The van der Waals surface area contributed by atoms with Crippen molar-refractivity contribution in [3.8, 4) is 0 Å². The van der Waals surface area contributed by atoms with Crippen LogP contribution in [0.1, 0.15) is 58.1 Å². The second-order valence-electron chi connectivity index (χ2n) is 8.15. The summed E-state index contributed by atoms with van der Waals surface area (Å²) in [6.07, 6.45) is 9.15. The van der Waals surface area contributed by atoms with Crippen molar-refractivity contribution in [3.05, 3.63) is 18.0 Å². The number of guanidine groups is 1. The normalized spacial score (nSPS) is 22.7. The van der Waals surface area contributed by atoms with Crippen molar-refractivity contribution in [2.75, 3.05) is 27.2 Å². The van der Waals surface area contributed by atoms with Crippen LogP contribution in [0.15, 0.2) is 17.4 Å². The minimum Gasteiger partial charge on any atom is -0.357 e. The van der Waals surface area contributed by atoms with Gasteiger partial charge in [-0.2, -0.15) is 5.10 Å². The quantitative estimate of drug-likeness (QED) is 0.578. The third-order valence-electron chi connectivity index (χ3n) is 5.56. The van der Waals surface area contributed by atoms with Gasteiger partial charge in [0.1, 0.15) is 0 Å². The van der Waals surface area contributed by atoms with Gasteiger partial charge in [-0.1, -0.05) is 13.8 Å². The van der Waals surface area contributed by atoms with Crippen molar-refractivity contribution >= 4 is 5.96 Å². The maximum absolute atomic E-state index is 4.88. The van der Waals surface area contributed by atoms with E-state index in [4.69, 9.17) is 4.99 Å². The van der Waals surface area contributed by atoms with Crippen LogP contribution in [0.3, 0.4) is 0 Å². The average Bonchev–Trinajstić information content (AvgIpc) is 3.01. The van der Waals surface area contributed by atoms with Crippen molar-refractivity contribution in [2.45, 2.75) is 58.5 Å². The van der Waals surface area contributed by atoms with Gasteiger partial charge in [-0.15, -0.1) is 0 Å². The highest BCUT2D eigenvalue weighted by atomic mass is 15.3. The maximum Gasteiger partial charge on any atom is 0.191 e. The Morgan fingerprint density at radius 3 is 2.50 bits per heavy atom. The number of likely N-dealkylation sites (N-methyl/N-ethyl adjacent to an activating group) is 1. The maximum atomic E-state index is 4.88. The molecule has 6 heteroatoms. The first kappa shape index (κ1) is 20.7. The molecule has 148 valence electrons. The predicted octanol–water partition coefficient (Wildman–Crippen LogP) is 2.79. The Hall–Kier alpha value is -1.56. The zero-order valence-corrected chi connectivity index (χ0v) is 17.5. The summed E-state index contributed by atoms with van der Waals surface area (Å²) < 4.78 is 1.85. The van der Waals surface area contributed by atoms with Crippen LogP contribution in [0.4, 0.5) is 0 Å². The number of aliphatic imine (C=N–C) groups is 1. The van der Waals surface area contributed by atoms with Gasteiger partial charge in [0, 0.05) is 31.4 Å². The van der Waals surface area contributed by atoms with E-state index in [1.54, 1.807) is 0 Å². The van der Waals surface area contributed by atoms with Gasteiger partial charge in [-0.3, -0.25) is 9.67 Å². The molecule has 2 rings (SSSR count). The summed E-state index contributed by atoms with van der Waals surface area (Å²) in [7, 11) is 6.15. The highest BCUT2D eigenvalue weighted by molar-refractivity contribution is 5.80. The monoisotopic (exact) mass is 362 g/mol. The Balaban J connectivity index is 1.97. The molecular formula is C20H38N6. The third kappa shape index (κ3) is 6.01. The van der Waals surface area contributed by atoms with Crippen LogP contribution in [-0.2, 0) is 7.05 Å². The van der Waals surface area contributed by atoms with Crippen molar-refractivity contribution in [1.29, 1.82) is 0 Å². The number of aryl methyl sites for hydroxylation is 1. The van der Waals surface area contributed by atoms with Gasteiger partial charge < -0.3 is 15.5 Å². The highest BCUT2D eigenvalue weighted by Gasteiger charge is 2.24. The Labute approximate surface area is 159 Å². The largest absolute Gasteiger partial charge is 0.357 e. The van der Waals surface area contributed by atoms with Gasteiger partial charge in [0.15, 0.2) is 5.96 Å². The fraction of sp³-hybridized carbons (Fsp3) is 0.800. The van der Waals surface area contributed by atoms with Crippen molar-refractivity contribution in [1.82, 2.24) is 25.3 Å². The second-order valence-corrected chi connectivity index (χ2v) is 8.15. The lowest BCUT2D eigenvalue weighted by Crippen LogP contribution is -2.45. The van der Waals surface area contributed by atoms with E-state index in [9.17, 15) is 0 Å². The first-order chi connectivity index (χ1) is 12.4. The zero-order valence-electron chi connectivity index (χ0n) is 17.5. The summed E-state index contributed by atoms with van der Waals surface area (Å²) in [5, 5.41) is 11.4. The number of hydrogen-bond acceptors (Lipinski definition) is 3. The van der Waals surface area contributed by atoms with Crippen molar-refractivity contribution in [3.63, 3.8) is 0 Å². The van der Waals surface area contributed by atoms with Gasteiger partial charge in [-0.25, -0.2) is 0 Å². The lowest BCUT2D eigenvalue weighted by atomic mass is 9.80. The molecule has 1 aliphatic rings. The molecule has 0 bridgehead atoms. The average molecular weight is 363 g/mol. The lowest BCUT2D eigenvalue weighted by molar-refractivity contribution is 0.249. The standard InChI is InChI=1S/C20H38N6/c1-7-21-20(24-18-10-8-16(9-11-18)15(2)3)22-13-19(25(4)5)17-12-23-26(6)14-17/h12,14-16,18-19H,7-11,13H2,1-6H3,(H2,21,22,24). The Morgan fingerprint density at radius 1 is 1.31 bits per heavy atom. The van der Waals surface area contributed by atoms with Crippen LogP contribution >= 0.6 is 0 Å². The predicted molar refractivity (Wildman–Crippen MR) is 109 cm³/mol. The highest BCUT2D eigenvalue weighted by Crippen LogP contribution is 2.29. The van der Waals surface area contributed by atoms with E-state index in [2.05, 4.69) is 61.7 Å². The fourth-order valence-corrected chi connectivity index (χ4v) is 3.80. The van der Waals surface area contributed by atoms with Crippen LogP contribution in [0.5, 0.6) is 0 Å². The van der Waals surface area contributed by atoms with E-state index < -0.39 is 0 Å². The van der Waals surface area contributed by atoms with Crippen LogP contribution in [0.25, 0.3) is 0 Å². The number of nitrogens with one attached hydrogen (secondary N) is 2. The lowest BCUT2D eigenvalue weighted by Gasteiger charge is -2.32. The molecule has 0 saturated heterocycles. The molecule has 1 aromatic heterocycles. The minimum atomic E-state index is 0.232. The number of nitrogens with zero attached hydrogens (tertiary/aromatic N) is 4. The second kappa shape index (κ2) is 9.95. The molecule has 0 aromatic carbocycles. The van der Waals surface area contributed by atoms with E-state index in [1.165, 1.54) is 31.2 Å². The summed E-state index contributed by atoms with van der Waals surface area (Å²) in [6, 6.07) is 0.773. The molecule has 1 saturated carbocycles. The number of rotatable bonds is 7. The molecule has 1 atom stereocenters. The molecular weight excluding hydrogens is 324 g/mol. The first-order valence-corrected chi connectivity index (χ1v) is 10.1. The molecule has 1 aromatic rings. The molecule has 1 heterocycles. The van der Waals surface area contributed by atoms with Crippen LogP contribution < -0.4 is 10.6 Å². The molecule has 0 radical (unpaired) electrons. The summed E-state index contributed by atoms with van der Waals surface area (Å²) >= 11 is 0. The van der Waals surface area contributed by atoms with Crippen LogP contribution in [0.2, 0.25) is 0 Å². The molecule has 1 unspecified atom stereocenters. The smallest absolute Gasteiger partial charge is 0.191 e. The minimum absolute atomic E-state index is 0.232. The topological polar surface area (TPSA) is 57.5 Å². The summed E-state index contributed by atoms with van der Waals surface area (Å²) in [4.78, 5) is 7.09. The van der Waals surface area contributed by atoms with E-state index in [0.29, 0.717) is 6.04 Å². The van der Waals surface area contributed by atoms with Crippen molar-refractivity contribution < 1.29 is 0 Å². The Kier molecular flexibility index (Phi) is 7.94. The van der Waals surface area contributed by atoms with Gasteiger partial charge in [0.25, 0.3) is 0 Å². The van der Waals surface area contributed by atoms with E-state index in [-0.39, 0.29) is 6.04 Å². The molecule has 1 fully saturated rings. The molecule has 26 heavy (non-hydrogen) atoms. The molecule has 6 nitrogen and oxygen atoms in total. The summed E-state index contributed by atoms with van der Waals surface area (Å²) in [5.74, 6) is 2.63. The van der Waals surface area contributed by atoms with Crippen molar-refractivity contribution in [2.24, 2.45) is 23.9 Å². The Morgan fingerprint density at radius 2 is 2.00 bits per heavy atom. The van der Waals surface area contributed by atoms with Crippen LogP contribution in [0, 0.1) is 11.8 Å². The Bertz CT molecular complexity index is 554. The third-order valence-corrected chi connectivity index (χ3v) is 5.56. The van der Waals surface area contributed by atoms with Gasteiger partial charge in [0.2, 0.25) is 0 Å². The van der Waals surface area contributed by atoms with Gasteiger partial charge in [-0.05, 0) is 58.5 Å². The molecule has 0 amide bonds. The SMILES string of the molecule is CCNC(=NCC(c1cnn(C)c1)N(C)C)NC1CCC(C(C)C)CC1. The van der Waals surface area contributed by atoms with E-state index in [1.807, 2.05) is 17.9 Å². The zero-order chi connectivity index (χ0) is 19.1. The van der Waals surface area contributed by atoms with Crippen LogP contribution in [-0.4, -0.2) is 53.9 Å². The number of aromatic nitrogens is 2. The molecule has 0 aliphatic heterocycles. The summed E-state index contributed by atoms with van der Waals surface area (Å²) in [5.41, 5.74) is 1.20. The first-order valence-electron chi connectivity index (χ1n) is 10.1.